The van der Waals surface area contributed by atoms with Crippen molar-refractivity contribution in [2.45, 2.75) is 76.7 Å². The maximum absolute atomic E-state index is 11.7. The predicted octanol–water partition coefficient (Wildman–Crippen LogP) is 6.84. The Labute approximate surface area is 258 Å². The highest BCUT2D eigenvalue weighted by Crippen LogP contribution is 2.42. The Hall–Kier alpha value is -4.27. The maximum atomic E-state index is 11.7. The van der Waals surface area contributed by atoms with E-state index >= 15 is 0 Å². The first-order valence-corrected chi connectivity index (χ1v) is 16.1. The third kappa shape index (κ3) is 6.32. The van der Waals surface area contributed by atoms with Crippen molar-refractivity contribution in [3.05, 3.63) is 72.4 Å². The van der Waals surface area contributed by atoms with E-state index in [1.807, 2.05) is 42.7 Å². The van der Waals surface area contributed by atoms with Gasteiger partial charge >= 0.3 is 0 Å². The van der Waals surface area contributed by atoms with E-state index < -0.39 is 5.91 Å². The molecule has 0 spiro atoms. The van der Waals surface area contributed by atoms with Crippen LogP contribution in [0.2, 0.25) is 0 Å². The highest BCUT2D eigenvalue weighted by molar-refractivity contribution is 5.94. The molecule has 3 fully saturated rings. The Morgan fingerprint density at radius 2 is 1.91 bits per heavy atom. The number of benzene rings is 1. The second kappa shape index (κ2) is 12.0. The van der Waals surface area contributed by atoms with Crippen LogP contribution in [-0.4, -0.2) is 45.1 Å². The summed E-state index contributed by atoms with van der Waals surface area (Å²) in [5.74, 6) is 2.81. The lowest BCUT2D eigenvalue weighted by Crippen LogP contribution is -2.45. The minimum absolute atomic E-state index is 0.218. The Kier molecular flexibility index (Phi) is 7.78. The standard InChI is InChI=1S/C35H41N7O2/c1-35(15-5-17-42(22-35)28-12-13-30(38-21-28)33-40-34(44-41-33)23-10-11-23)20-27-6-2-3-9-29(27)39-31-19-25(14-16-37-31)24-7-4-8-26(18-24)32(36)43/h4,7-8,12-14,16,18-19,21,23,27,29H,2-3,5-6,9-11,15,17,20,22H2,1H3,(H2,36,43)(H,37,39)/t27-,29+,35+/m0/s1. The highest BCUT2D eigenvalue weighted by atomic mass is 16.5. The fourth-order valence-electron chi connectivity index (χ4n) is 7.25. The van der Waals surface area contributed by atoms with Crippen LogP contribution in [0, 0.1) is 11.3 Å². The van der Waals surface area contributed by atoms with Crippen LogP contribution in [0.15, 0.2) is 65.4 Å². The zero-order valence-electron chi connectivity index (χ0n) is 25.4. The quantitative estimate of drug-likeness (QED) is 0.217. The summed E-state index contributed by atoms with van der Waals surface area (Å²) < 4.78 is 5.44. The van der Waals surface area contributed by atoms with Gasteiger partial charge in [-0.2, -0.15) is 4.98 Å². The van der Waals surface area contributed by atoms with E-state index in [1.165, 1.54) is 38.5 Å². The average molecular weight is 592 g/mol. The largest absolute Gasteiger partial charge is 0.370 e. The van der Waals surface area contributed by atoms with Gasteiger partial charge in [0.25, 0.3) is 0 Å². The molecule has 1 aromatic carbocycles. The number of carbonyl (C=O) groups excluding carboxylic acids is 1. The molecule has 9 heteroatoms. The van der Waals surface area contributed by atoms with E-state index in [9.17, 15) is 4.79 Å². The van der Waals surface area contributed by atoms with Crippen LogP contribution in [0.3, 0.4) is 0 Å². The summed E-state index contributed by atoms with van der Waals surface area (Å²) in [6.07, 6.45) is 14.6. The topological polar surface area (TPSA) is 123 Å². The lowest BCUT2D eigenvalue weighted by atomic mass is 9.70. The predicted molar refractivity (Wildman–Crippen MR) is 171 cm³/mol. The van der Waals surface area contributed by atoms with Crippen LogP contribution in [0.1, 0.15) is 86.9 Å². The Bertz CT molecular complexity index is 1620. The molecule has 0 radical (unpaired) electrons. The average Bonchev–Trinajstić information content (AvgIpc) is 3.78. The summed E-state index contributed by atoms with van der Waals surface area (Å²) in [5, 5.41) is 7.97. The maximum Gasteiger partial charge on any atom is 0.248 e. The van der Waals surface area contributed by atoms with Crippen molar-refractivity contribution in [3.8, 4) is 22.6 Å². The van der Waals surface area contributed by atoms with E-state index in [4.69, 9.17) is 15.2 Å². The second-order valence-corrected chi connectivity index (χ2v) is 13.3. The van der Waals surface area contributed by atoms with Crippen molar-refractivity contribution in [1.29, 1.82) is 0 Å². The van der Waals surface area contributed by atoms with E-state index in [2.05, 4.69) is 44.4 Å². The third-order valence-corrected chi connectivity index (χ3v) is 9.73. The van der Waals surface area contributed by atoms with Crippen LogP contribution >= 0.6 is 0 Å². The van der Waals surface area contributed by atoms with Gasteiger partial charge in [0.05, 0.1) is 11.9 Å². The van der Waals surface area contributed by atoms with Crippen LogP contribution < -0.4 is 16.0 Å². The van der Waals surface area contributed by atoms with Crippen molar-refractivity contribution >= 4 is 17.4 Å². The molecular weight excluding hydrogens is 550 g/mol. The minimum Gasteiger partial charge on any atom is -0.370 e. The molecule has 4 aromatic rings. The minimum atomic E-state index is -0.418. The number of nitrogens with zero attached hydrogens (tertiary/aromatic N) is 5. The summed E-state index contributed by atoms with van der Waals surface area (Å²) in [5.41, 5.74) is 10.2. The van der Waals surface area contributed by atoms with E-state index in [-0.39, 0.29) is 5.41 Å². The Balaban J connectivity index is 1.02. The van der Waals surface area contributed by atoms with Gasteiger partial charge in [0.2, 0.25) is 17.6 Å². The van der Waals surface area contributed by atoms with Crippen molar-refractivity contribution in [3.63, 3.8) is 0 Å². The third-order valence-electron chi connectivity index (χ3n) is 9.73. The summed E-state index contributed by atoms with van der Waals surface area (Å²) in [7, 11) is 0. The van der Waals surface area contributed by atoms with Crippen molar-refractivity contribution in [2.24, 2.45) is 17.1 Å². The van der Waals surface area contributed by atoms with Gasteiger partial charge in [0.15, 0.2) is 0 Å². The lowest BCUT2D eigenvalue weighted by Gasteiger charge is -2.45. The fraction of sp³-hybridized carbons (Fsp3) is 0.457. The second-order valence-electron chi connectivity index (χ2n) is 13.3. The molecule has 228 valence electrons. The zero-order chi connectivity index (χ0) is 30.1. The molecule has 3 aliphatic rings. The number of rotatable bonds is 9. The van der Waals surface area contributed by atoms with Gasteiger partial charge in [0.1, 0.15) is 11.5 Å². The first kappa shape index (κ1) is 28.5. The van der Waals surface area contributed by atoms with Crippen LogP contribution in [0.5, 0.6) is 0 Å². The molecule has 44 heavy (non-hydrogen) atoms. The highest BCUT2D eigenvalue weighted by Gasteiger charge is 2.37. The first-order chi connectivity index (χ1) is 21.4. The normalized spacial score (nSPS) is 23.8. The monoisotopic (exact) mass is 591 g/mol. The summed E-state index contributed by atoms with van der Waals surface area (Å²) in [6.45, 7) is 4.54. The molecule has 1 saturated heterocycles. The number of primary amides is 1. The molecule has 2 saturated carbocycles. The van der Waals surface area contributed by atoms with Gasteiger partial charge in [-0.1, -0.05) is 37.1 Å². The number of hydrogen-bond acceptors (Lipinski definition) is 8. The van der Waals surface area contributed by atoms with Crippen molar-refractivity contribution < 1.29 is 9.32 Å². The van der Waals surface area contributed by atoms with Crippen LogP contribution in [0.25, 0.3) is 22.6 Å². The molecule has 3 aromatic heterocycles. The number of nitrogens with one attached hydrogen (secondary N) is 1. The van der Waals surface area contributed by atoms with Crippen LogP contribution in [-0.2, 0) is 0 Å². The number of anilines is 2. The molecule has 3 N–H and O–H groups in total. The number of piperidine rings is 1. The molecule has 1 aliphatic heterocycles. The van der Waals surface area contributed by atoms with Gasteiger partial charge < -0.3 is 20.5 Å². The smallest absolute Gasteiger partial charge is 0.248 e. The molecule has 0 unspecified atom stereocenters. The number of amides is 1. The summed E-state index contributed by atoms with van der Waals surface area (Å²) >= 11 is 0. The van der Waals surface area contributed by atoms with Gasteiger partial charge in [-0.3, -0.25) is 9.78 Å². The van der Waals surface area contributed by atoms with Gasteiger partial charge in [-0.25, -0.2) is 4.98 Å². The molecular formula is C35H41N7O2. The molecule has 0 bridgehead atoms. The van der Waals surface area contributed by atoms with Crippen molar-refractivity contribution in [1.82, 2.24) is 20.1 Å². The Morgan fingerprint density at radius 3 is 2.73 bits per heavy atom. The number of nitrogens with two attached hydrogens (primary N) is 1. The molecule has 4 heterocycles. The summed E-state index contributed by atoms with van der Waals surface area (Å²) in [4.78, 5) is 28.2. The first-order valence-electron chi connectivity index (χ1n) is 16.1. The summed E-state index contributed by atoms with van der Waals surface area (Å²) in [6, 6.07) is 16.1. The van der Waals surface area contributed by atoms with Gasteiger partial charge in [-0.05, 0) is 104 Å². The lowest BCUT2D eigenvalue weighted by molar-refractivity contribution is 0.100. The molecule has 9 nitrogen and oxygen atoms in total. The number of aromatic nitrogens is 4. The zero-order valence-corrected chi connectivity index (χ0v) is 25.4. The van der Waals surface area contributed by atoms with Gasteiger partial charge in [0, 0.05) is 36.8 Å². The van der Waals surface area contributed by atoms with E-state index in [0.717, 1.165) is 66.6 Å². The van der Waals surface area contributed by atoms with Crippen LogP contribution in [0.4, 0.5) is 11.5 Å². The molecule has 1 amide bonds. The molecule has 2 aliphatic carbocycles. The molecule has 3 atom stereocenters. The number of pyridine rings is 2. The van der Waals surface area contributed by atoms with Gasteiger partial charge in [-0.15, -0.1) is 0 Å². The fourth-order valence-corrected chi connectivity index (χ4v) is 7.25. The molecule has 7 rings (SSSR count). The SMILES string of the molecule is C[C@]1(C[C@@H]2CCCC[C@H]2Nc2cc(-c3cccc(C(N)=O)c3)ccn2)CCCN(c2ccc(-c3noc(C4CC4)n3)nc2)C1. The Morgan fingerprint density at radius 1 is 1.05 bits per heavy atom. The van der Waals surface area contributed by atoms with E-state index in [1.54, 1.807) is 6.07 Å². The number of hydrogen-bond donors (Lipinski definition) is 2. The number of carbonyl (C=O) groups is 1. The van der Waals surface area contributed by atoms with E-state index in [0.29, 0.717) is 29.3 Å². The van der Waals surface area contributed by atoms with Crippen molar-refractivity contribution in [2.75, 3.05) is 23.3 Å².